The Hall–Kier alpha value is -1.08. The highest BCUT2D eigenvalue weighted by atomic mass is 14.5. The number of nitrogens with two attached hydrogens (primary N) is 1. The zero-order chi connectivity index (χ0) is 11.5. The Balaban J connectivity index is 3.11. The molecule has 0 heterocycles. The minimum Gasteiger partial charge on any atom is -0.327 e. The molecule has 0 unspecified atom stereocenters. The summed E-state index contributed by atoms with van der Waals surface area (Å²) in [5, 5.41) is 0. The summed E-state index contributed by atoms with van der Waals surface area (Å²) in [4.78, 5) is 0. The highest BCUT2D eigenvalue weighted by Crippen LogP contribution is 2.33. The maximum Gasteiger partial charge on any atom is 0.0113 e. The lowest BCUT2D eigenvalue weighted by Crippen LogP contribution is -2.10. The van der Waals surface area contributed by atoms with Gasteiger partial charge in [0.05, 0.1) is 0 Å². The molecule has 0 saturated heterocycles. The van der Waals surface area contributed by atoms with Gasteiger partial charge in [-0.1, -0.05) is 56.7 Å². The fourth-order valence-electron chi connectivity index (χ4n) is 1.71. The number of rotatable bonds is 2. The third-order valence-corrected chi connectivity index (χ3v) is 2.49. The Kier molecular flexibility index (Phi) is 3.70. The molecule has 0 bridgehead atoms. The van der Waals surface area contributed by atoms with Gasteiger partial charge in [0, 0.05) is 6.54 Å². The largest absolute Gasteiger partial charge is 0.327 e. The van der Waals surface area contributed by atoms with E-state index in [1.807, 2.05) is 0 Å². The molecular weight excluding hydrogens is 182 g/mol. The summed E-state index contributed by atoms with van der Waals surface area (Å²) >= 11 is 0. The number of allylic oxidation sites excluding steroid dienone is 1. The topological polar surface area (TPSA) is 26.0 Å². The summed E-state index contributed by atoms with van der Waals surface area (Å²) in [6.07, 6.45) is 2.12. The molecule has 15 heavy (non-hydrogen) atoms. The van der Waals surface area contributed by atoms with E-state index >= 15 is 0 Å². The quantitative estimate of drug-likeness (QED) is 0.783. The molecule has 0 amide bonds. The van der Waals surface area contributed by atoms with Gasteiger partial charge in [0.1, 0.15) is 0 Å². The van der Waals surface area contributed by atoms with E-state index in [0.29, 0.717) is 6.54 Å². The normalized spacial score (nSPS) is 13.0. The number of hydrogen-bond acceptors (Lipinski definition) is 1. The van der Waals surface area contributed by atoms with E-state index in [9.17, 15) is 0 Å². The van der Waals surface area contributed by atoms with Gasteiger partial charge in [0.2, 0.25) is 0 Å². The van der Waals surface area contributed by atoms with Crippen LogP contribution in [-0.2, 0) is 0 Å². The van der Waals surface area contributed by atoms with E-state index in [-0.39, 0.29) is 5.41 Å². The molecule has 0 atom stereocenters. The molecule has 1 aromatic rings. The summed E-state index contributed by atoms with van der Waals surface area (Å²) in [6, 6.07) is 8.63. The van der Waals surface area contributed by atoms with Crippen LogP contribution in [0.4, 0.5) is 0 Å². The lowest BCUT2D eigenvalue weighted by Gasteiger charge is -2.23. The first-order valence-corrected chi connectivity index (χ1v) is 5.43. The first kappa shape index (κ1) is 12.0. The van der Waals surface area contributed by atoms with Crippen molar-refractivity contribution in [2.45, 2.75) is 27.7 Å². The minimum absolute atomic E-state index is 0.147. The van der Waals surface area contributed by atoms with Crippen molar-refractivity contribution in [3.8, 4) is 0 Å². The summed E-state index contributed by atoms with van der Waals surface area (Å²) in [6.45, 7) is 9.35. The molecule has 1 rings (SSSR count). The monoisotopic (exact) mass is 203 g/mol. The number of hydrogen-bond donors (Lipinski definition) is 1. The average molecular weight is 203 g/mol. The van der Waals surface area contributed by atoms with Gasteiger partial charge in [-0.25, -0.2) is 0 Å². The minimum atomic E-state index is 0.147. The van der Waals surface area contributed by atoms with E-state index < -0.39 is 0 Å². The van der Waals surface area contributed by atoms with Crippen molar-refractivity contribution in [1.29, 1.82) is 0 Å². The van der Waals surface area contributed by atoms with Crippen molar-refractivity contribution in [2.24, 2.45) is 11.1 Å². The maximum absolute atomic E-state index is 5.62. The zero-order valence-electron chi connectivity index (χ0n) is 10.2. The predicted octanol–water partition coefficient (Wildman–Crippen LogP) is 3.38. The fraction of sp³-hybridized carbons (Fsp3) is 0.429. The molecule has 0 radical (unpaired) electrons. The Morgan fingerprint density at radius 1 is 1.20 bits per heavy atom. The first-order chi connectivity index (χ1) is 6.95. The molecule has 0 aliphatic carbocycles. The third kappa shape index (κ3) is 3.21. The Labute approximate surface area is 93.0 Å². The van der Waals surface area contributed by atoms with E-state index in [2.05, 4.69) is 58.0 Å². The van der Waals surface area contributed by atoms with Gasteiger partial charge >= 0.3 is 0 Å². The highest BCUT2D eigenvalue weighted by Gasteiger charge is 2.17. The first-order valence-electron chi connectivity index (χ1n) is 5.43. The molecule has 1 nitrogen and oxygen atoms in total. The summed E-state index contributed by atoms with van der Waals surface area (Å²) in [5.41, 5.74) is 9.66. The maximum atomic E-state index is 5.62. The number of benzene rings is 1. The molecular formula is C14H21N. The standard InChI is InChI=1S/C14H21N/c1-11-5-7-12(8-6-11)13(9-10-15)14(2,3)4/h5-9H,10,15H2,1-4H3/b13-9+. The second kappa shape index (κ2) is 4.63. The van der Waals surface area contributed by atoms with Crippen LogP contribution >= 0.6 is 0 Å². The third-order valence-electron chi connectivity index (χ3n) is 2.49. The lowest BCUT2D eigenvalue weighted by molar-refractivity contribution is 0.565. The molecule has 1 aromatic carbocycles. The Morgan fingerprint density at radius 3 is 2.13 bits per heavy atom. The van der Waals surface area contributed by atoms with Crippen molar-refractivity contribution in [3.05, 3.63) is 41.5 Å². The van der Waals surface area contributed by atoms with Crippen LogP contribution < -0.4 is 5.73 Å². The second-order valence-corrected chi connectivity index (χ2v) is 4.97. The van der Waals surface area contributed by atoms with Crippen LogP contribution in [0.5, 0.6) is 0 Å². The molecule has 0 saturated carbocycles. The van der Waals surface area contributed by atoms with Gasteiger partial charge in [-0.15, -0.1) is 0 Å². The van der Waals surface area contributed by atoms with Crippen LogP contribution in [0.2, 0.25) is 0 Å². The smallest absolute Gasteiger partial charge is 0.0113 e. The van der Waals surface area contributed by atoms with E-state index in [4.69, 9.17) is 5.73 Å². The van der Waals surface area contributed by atoms with Crippen LogP contribution in [0.15, 0.2) is 30.3 Å². The van der Waals surface area contributed by atoms with Crippen molar-refractivity contribution < 1.29 is 0 Å². The number of aryl methyl sites for hydroxylation is 1. The van der Waals surface area contributed by atoms with E-state index in [1.54, 1.807) is 0 Å². The van der Waals surface area contributed by atoms with Crippen LogP contribution in [0, 0.1) is 12.3 Å². The summed E-state index contributed by atoms with van der Waals surface area (Å²) in [7, 11) is 0. The van der Waals surface area contributed by atoms with Crippen molar-refractivity contribution in [2.75, 3.05) is 6.54 Å². The van der Waals surface area contributed by atoms with Gasteiger partial charge in [-0.05, 0) is 23.5 Å². The molecule has 2 N–H and O–H groups in total. The molecule has 0 spiro atoms. The predicted molar refractivity (Wildman–Crippen MR) is 67.7 cm³/mol. The Bertz CT molecular complexity index is 339. The van der Waals surface area contributed by atoms with Crippen molar-refractivity contribution in [1.82, 2.24) is 0 Å². The van der Waals surface area contributed by atoms with Crippen molar-refractivity contribution in [3.63, 3.8) is 0 Å². The van der Waals surface area contributed by atoms with E-state index in [0.717, 1.165) is 0 Å². The zero-order valence-corrected chi connectivity index (χ0v) is 10.2. The molecule has 0 aromatic heterocycles. The van der Waals surface area contributed by atoms with Crippen LogP contribution in [0.1, 0.15) is 31.9 Å². The summed E-state index contributed by atoms with van der Waals surface area (Å²) in [5.74, 6) is 0. The SMILES string of the molecule is Cc1ccc(/C(=C\CN)C(C)(C)C)cc1. The lowest BCUT2D eigenvalue weighted by atomic mass is 9.81. The highest BCUT2D eigenvalue weighted by molar-refractivity contribution is 5.69. The molecule has 0 fully saturated rings. The second-order valence-electron chi connectivity index (χ2n) is 4.97. The average Bonchev–Trinajstić information content (AvgIpc) is 2.14. The fourth-order valence-corrected chi connectivity index (χ4v) is 1.71. The van der Waals surface area contributed by atoms with Crippen molar-refractivity contribution >= 4 is 5.57 Å². The van der Waals surface area contributed by atoms with Crippen LogP contribution in [0.3, 0.4) is 0 Å². The molecule has 0 aliphatic heterocycles. The van der Waals surface area contributed by atoms with Gasteiger partial charge < -0.3 is 5.73 Å². The Morgan fingerprint density at radius 2 is 1.73 bits per heavy atom. The van der Waals surface area contributed by atoms with Crippen LogP contribution in [0.25, 0.3) is 5.57 Å². The molecule has 82 valence electrons. The van der Waals surface area contributed by atoms with Gasteiger partial charge in [0.15, 0.2) is 0 Å². The van der Waals surface area contributed by atoms with E-state index in [1.165, 1.54) is 16.7 Å². The molecule has 1 heteroatoms. The van der Waals surface area contributed by atoms with Gasteiger partial charge in [-0.2, -0.15) is 0 Å². The summed E-state index contributed by atoms with van der Waals surface area (Å²) < 4.78 is 0. The van der Waals surface area contributed by atoms with Gasteiger partial charge in [-0.3, -0.25) is 0 Å². The van der Waals surface area contributed by atoms with Gasteiger partial charge in [0.25, 0.3) is 0 Å². The van der Waals surface area contributed by atoms with Crippen LogP contribution in [-0.4, -0.2) is 6.54 Å². The molecule has 0 aliphatic rings.